The Morgan fingerprint density at radius 1 is 0.643 bits per heavy atom. The highest BCUT2D eigenvalue weighted by Gasteiger charge is 2.09. The molecule has 0 aliphatic rings. The molecule has 0 fully saturated rings. The Morgan fingerprint density at radius 2 is 0.964 bits per heavy atom. The minimum absolute atomic E-state index is 0.314. The van der Waals surface area contributed by atoms with Crippen molar-refractivity contribution in [1.29, 1.82) is 0 Å². The second kappa shape index (κ2) is 8.85. The summed E-state index contributed by atoms with van der Waals surface area (Å²) >= 11 is 0. The van der Waals surface area contributed by atoms with Crippen molar-refractivity contribution in [3.63, 3.8) is 0 Å². The van der Waals surface area contributed by atoms with Crippen molar-refractivity contribution in [3.8, 4) is 0 Å². The summed E-state index contributed by atoms with van der Waals surface area (Å²) in [6, 6.07) is 15.2. The van der Waals surface area contributed by atoms with Crippen LogP contribution in [0.3, 0.4) is 0 Å². The van der Waals surface area contributed by atoms with Crippen molar-refractivity contribution in [1.82, 2.24) is 10.9 Å². The minimum atomic E-state index is -0.314. The maximum atomic E-state index is 11.5. The van der Waals surface area contributed by atoms with E-state index in [1.807, 2.05) is 33.9 Å². The zero-order chi connectivity index (χ0) is 19.9. The van der Waals surface area contributed by atoms with Gasteiger partial charge in [-0.1, -0.05) is 24.3 Å². The highest BCUT2D eigenvalue weighted by Crippen LogP contribution is 2.05. The molecule has 0 aliphatic carbocycles. The van der Waals surface area contributed by atoms with E-state index < -0.39 is 0 Å². The number of pyridine rings is 2. The van der Waals surface area contributed by atoms with Gasteiger partial charge in [0, 0.05) is 35.4 Å². The maximum Gasteiger partial charge on any atom is 0.265 e. The Labute approximate surface area is 162 Å². The summed E-state index contributed by atoms with van der Waals surface area (Å²) in [5.74, 6) is 9.63. The van der Waals surface area contributed by atoms with Crippen LogP contribution in [0.2, 0.25) is 0 Å². The largest absolute Gasteiger partial charge is 0.290 e. The number of nitrogens with one attached hydrogen (secondary N) is 2. The molecular weight excluding hydrogens is 356 g/mol. The minimum Gasteiger partial charge on any atom is -0.290 e. The van der Waals surface area contributed by atoms with Gasteiger partial charge in [-0.2, -0.15) is 0 Å². The second-order valence-corrected chi connectivity index (χ2v) is 6.28. The summed E-state index contributed by atoms with van der Waals surface area (Å²) < 4.78 is 3.97. The van der Waals surface area contributed by atoms with E-state index >= 15 is 0 Å². The van der Waals surface area contributed by atoms with E-state index in [9.17, 15) is 9.59 Å². The van der Waals surface area contributed by atoms with Crippen LogP contribution in [0.5, 0.6) is 0 Å². The SMILES string of the molecule is NNC(=O)c1cc[n+](Cc2ccc(C[n+]3ccc(C(=O)NN)cc3)cc2)cc1. The Kier molecular flexibility index (Phi) is 6.05. The summed E-state index contributed by atoms with van der Waals surface area (Å²) in [4.78, 5) is 22.9. The second-order valence-electron chi connectivity index (χ2n) is 6.28. The number of nitrogens with two attached hydrogens (primary N) is 2. The number of nitrogen functional groups attached to an aromatic ring is 2. The quantitative estimate of drug-likeness (QED) is 0.201. The van der Waals surface area contributed by atoms with Crippen LogP contribution in [-0.4, -0.2) is 11.8 Å². The molecule has 3 aromatic rings. The van der Waals surface area contributed by atoms with E-state index in [-0.39, 0.29) is 11.8 Å². The number of carbonyl (C=O) groups excluding carboxylic acids is 2. The normalized spacial score (nSPS) is 10.4. The Balaban J connectivity index is 1.62. The maximum absolute atomic E-state index is 11.5. The van der Waals surface area contributed by atoms with Gasteiger partial charge in [0.1, 0.15) is 0 Å². The number of carbonyl (C=O) groups is 2. The molecule has 0 radical (unpaired) electrons. The standard InChI is InChI=1S/C20H20N6O2/c21-23-19(27)17-5-9-25(10-6-17)13-15-1-2-16(4-3-15)14-26-11-7-18(8-12-26)20(28)24-22/h1-12,21-22,27-28H,13-14H2/p+2. The van der Waals surface area contributed by atoms with E-state index in [2.05, 4.69) is 35.1 Å². The Hall–Kier alpha value is -3.62. The van der Waals surface area contributed by atoms with Crippen molar-refractivity contribution < 1.29 is 18.7 Å². The average Bonchev–Trinajstić information content (AvgIpc) is 2.75. The third-order valence-electron chi connectivity index (χ3n) is 4.32. The van der Waals surface area contributed by atoms with Gasteiger partial charge in [0.05, 0.1) is 11.1 Å². The highest BCUT2D eigenvalue weighted by molar-refractivity contribution is 5.93. The molecule has 2 aromatic heterocycles. The molecule has 3 rings (SSSR count). The first-order valence-corrected chi connectivity index (χ1v) is 8.67. The number of rotatable bonds is 6. The lowest BCUT2D eigenvalue weighted by atomic mass is 10.1. The molecular formula is C20H22N6O2+2. The number of benzene rings is 1. The third-order valence-corrected chi connectivity index (χ3v) is 4.32. The van der Waals surface area contributed by atoms with Crippen molar-refractivity contribution in [2.75, 3.05) is 0 Å². The first kappa shape index (κ1) is 19.2. The Morgan fingerprint density at radius 3 is 1.25 bits per heavy atom. The summed E-state index contributed by atoms with van der Waals surface area (Å²) in [6.07, 6.45) is 7.36. The first-order chi connectivity index (χ1) is 13.6. The molecule has 8 heteroatoms. The van der Waals surface area contributed by atoms with Gasteiger partial charge < -0.3 is 0 Å². The van der Waals surface area contributed by atoms with Crippen LogP contribution in [0.4, 0.5) is 0 Å². The van der Waals surface area contributed by atoms with E-state index in [0.717, 1.165) is 11.1 Å². The van der Waals surface area contributed by atoms with Gasteiger partial charge in [0.15, 0.2) is 37.9 Å². The number of aromatic nitrogens is 2. The van der Waals surface area contributed by atoms with Gasteiger partial charge in [-0.05, 0) is 0 Å². The van der Waals surface area contributed by atoms with Gasteiger partial charge in [0.25, 0.3) is 11.8 Å². The highest BCUT2D eigenvalue weighted by atomic mass is 16.2. The fourth-order valence-corrected chi connectivity index (χ4v) is 2.77. The molecule has 0 aliphatic heterocycles. The van der Waals surface area contributed by atoms with Crippen molar-refractivity contribution in [2.45, 2.75) is 13.1 Å². The summed E-state index contributed by atoms with van der Waals surface area (Å²) in [7, 11) is 0. The molecule has 6 N–H and O–H groups in total. The lowest BCUT2D eigenvalue weighted by Crippen LogP contribution is -2.36. The molecule has 0 saturated carbocycles. The van der Waals surface area contributed by atoms with Crippen LogP contribution in [0.25, 0.3) is 0 Å². The average molecular weight is 378 g/mol. The molecule has 8 nitrogen and oxygen atoms in total. The van der Waals surface area contributed by atoms with Crippen LogP contribution in [-0.2, 0) is 13.1 Å². The summed E-state index contributed by atoms with van der Waals surface area (Å²) in [5.41, 5.74) is 7.54. The fourth-order valence-electron chi connectivity index (χ4n) is 2.77. The molecule has 1 aromatic carbocycles. The predicted octanol–water partition coefficient (Wildman–Crippen LogP) is -0.435. The topological polar surface area (TPSA) is 118 Å². The smallest absolute Gasteiger partial charge is 0.265 e. The molecule has 0 spiro atoms. The number of nitrogens with zero attached hydrogens (tertiary/aromatic N) is 2. The van der Waals surface area contributed by atoms with Gasteiger partial charge in [-0.25, -0.2) is 20.8 Å². The van der Waals surface area contributed by atoms with E-state index in [1.165, 1.54) is 0 Å². The molecule has 0 atom stereocenters. The lowest BCUT2D eigenvalue weighted by Gasteiger charge is -2.02. The molecule has 0 unspecified atom stereocenters. The predicted molar refractivity (Wildman–Crippen MR) is 101 cm³/mol. The van der Waals surface area contributed by atoms with E-state index in [4.69, 9.17) is 11.7 Å². The van der Waals surface area contributed by atoms with E-state index in [0.29, 0.717) is 24.2 Å². The lowest BCUT2D eigenvalue weighted by molar-refractivity contribution is -0.689. The van der Waals surface area contributed by atoms with Crippen LogP contribution < -0.4 is 31.7 Å². The van der Waals surface area contributed by atoms with Crippen LogP contribution in [0, 0.1) is 0 Å². The van der Waals surface area contributed by atoms with Crippen LogP contribution in [0.15, 0.2) is 73.3 Å². The molecule has 2 amide bonds. The molecule has 2 heterocycles. The Bertz CT molecular complexity index is 873. The van der Waals surface area contributed by atoms with Gasteiger partial charge in [-0.3, -0.25) is 20.4 Å². The summed E-state index contributed by atoms with van der Waals surface area (Å²) in [6.45, 7) is 1.39. The monoisotopic (exact) mass is 378 g/mol. The van der Waals surface area contributed by atoms with E-state index in [1.54, 1.807) is 24.3 Å². The number of hydrogen-bond acceptors (Lipinski definition) is 4. The number of hydrogen-bond donors (Lipinski definition) is 4. The van der Waals surface area contributed by atoms with Crippen molar-refractivity contribution in [3.05, 3.63) is 95.6 Å². The zero-order valence-corrected chi connectivity index (χ0v) is 15.2. The summed E-state index contributed by atoms with van der Waals surface area (Å²) in [5, 5.41) is 0. The van der Waals surface area contributed by atoms with Gasteiger partial charge in [0.2, 0.25) is 0 Å². The molecule has 0 bridgehead atoms. The fraction of sp³-hybridized carbons (Fsp3) is 0.100. The zero-order valence-electron chi connectivity index (χ0n) is 15.2. The molecule has 142 valence electrons. The molecule has 28 heavy (non-hydrogen) atoms. The van der Waals surface area contributed by atoms with Crippen molar-refractivity contribution in [2.24, 2.45) is 11.7 Å². The van der Waals surface area contributed by atoms with Gasteiger partial charge in [-0.15, -0.1) is 0 Å². The van der Waals surface area contributed by atoms with Crippen LogP contribution >= 0.6 is 0 Å². The number of hydrazine groups is 2. The van der Waals surface area contributed by atoms with Crippen molar-refractivity contribution >= 4 is 11.8 Å². The third kappa shape index (κ3) is 4.76. The van der Waals surface area contributed by atoms with Gasteiger partial charge >= 0.3 is 0 Å². The van der Waals surface area contributed by atoms with Crippen LogP contribution in [0.1, 0.15) is 31.8 Å². The number of amides is 2. The first-order valence-electron chi connectivity index (χ1n) is 8.67. The molecule has 0 saturated heterocycles.